The maximum atomic E-state index is 11.8. The van der Waals surface area contributed by atoms with Gasteiger partial charge in [-0.3, -0.25) is 24.6 Å². The predicted molar refractivity (Wildman–Crippen MR) is 63.4 cm³/mol. The largest absolute Gasteiger partial charge is 0.469 e. The van der Waals surface area contributed by atoms with Crippen LogP contribution in [0.3, 0.4) is 0 Å². The monoisotopic (exact) mass is 265 g/mol. The van der Waals surface area contributed by atoms with E-state index in [-0.39, 0.29) is 24.6 Å². The average molecular weight is 265 g/mol. The molecule has 1 aromatic heterocycles. The minimum Gasteiger partial charge on any atom is -0.469 e. The minimum atomic E-state index is -0.570. The molecule has 0 aliphatic carbocycles. The molecule has 0 bridgehead atoms. The molecule has 8 heteroatoms. The Kier molecular flexibility index (Phi) is 3.41. The maximum absolute atomic E-state index is 11.8. The van der Waals surface area contributed by atoms with Crippen LogP contribution in [0, 0.1) is 16.0 Å². The van der Waals surface area contributed by atoms with Crippen LogP contribution in [-0.2, 0) is 14.3 Å². The molecular formula is C11H11N3O5. The van der Waals surface area contributed by atoms with E-state index in [2.05, 4.69) is 9.72 Å². The number of esters is 1. The Bertz CT molecular complexity index is 528. The van der Waals surface area contributed by atoms with Gasteiger partial charge in [0.25, 0.3) is 5.69 Å². The summed E-state index contributed by atoms with van der Waals surface area (Å²) in [7, 11) is 1.26. The summed E-state index contributed by atoms with van der Waals surface area (Å²) in [4.78, 5) is 38.3. The maximum Gasteiger partial charge on any atom is 0.311 e. The van der Waals surface area contributed by atoms with Crippen LogP contribution in [0.5, 0.6) is 0 Å². The third-order valence-electron chi connectivity index (χ3n) is 2.88. The normalized spacial score (nSPS) is 18.5. The van der Waals surface area contributed by atoms with Gasteiger partial charge in [0.1, 0.15) is 12.0 Å². The van der Waals surface area contributed by atoms with Crippen LogP contribution in [0.15, 0.2) is 18.3 Å². The molecule has 100 valence electrons. The van der Waals surface area contributed by atoms with Crippen LogP contribution in [0.4, 0.5) is 11.5 Å². The number of ether oxygens (including phenoxy) is 1. The molecule has 0 spiro atoms. The van der Waals surface area contributed by atoms with Crippen molar-refractivity contribution in [3.63, 3.8) is 0 Å². The molecule has 0 aromatic carbocycles. The second-order valence-electron chi connectivity index (χ2n) is 4.06. The van der Waals surface area contributed by atoms with Gasteiger partial charge < -0.3 is 4.74 Å². The number of carbonyl (C=O) groups excluding carboxylic acids is 2. The number of pyridine rings is 1. The van der Waals surface area contributed by atoms with Crippen molar-refractivity contribution in [3.05, 3.63) is 28.4 Å². The molecule has 2 rings (SSSR count). The first kappa shape index (κ1) is 12.9. The molecule has 1 aromatic rings. The Labute approximate surface area is 108 Å². The van der Waals surface area contributed by atoms with Gasteiger partial charge in [0.2, 0.25) is 5.91 Å². The molecule has 0 N–H and O–H groups in total. The molecule has 1 aliphatic rings. The SMILES string of the molecule is COC(=O)C1CC(=O)N(c2ccc([N+](=O)[O-])cn2)C1. The van der Waals surface area contributed by atoms with E-state index in [1.54, 1.807) is 0 Å². The Morgan fingerprint density at radius 1 is 1.58 bits per heavy atom. The highest BCUT2D eigenvalue weighted by Gasteiger charge is 2.36. The Morgan fingerprint density at radius 2 is 2.32 bits per heavy atom. The van der Waals surface area contributed by atoms with E-state index in [4.69, 9.17) is 0 Å². The van der Waals surface area contributed by atoms with Crippen molar-refractivity contribution in [2.75, 3.05) is 18.6 Å². The van der Waals surface area contributed by atoms with E-state index >= 15 is 0 Å². The summed E-state index contributed by atoms with van der Waals surface area (Å²) >= 11 is 0. The number of methoxy groups -OCH3 is 1. The second-order valence-corrected chi connectivity index (χ2v) is 4.06. The first-order chi connectivity index (χ1) is 9.02. The Hall–Kier alpha value is -2.51. The third kappa shape index (κ3) is 2.51. The summed E-state index contributed by atoms with van der Waals surface area (Å²) in [6.07, 6.45) is 1.14. The molecule has 0 radical (unpaired) electrons. The third-order valence-corrected chi connectivity index (χ3v) is 2.88. The van der Waals surface area contributed by atoms with Crippen molar-refractivity contribution in [2.24, 2.45) is 5.92 Å². The zero-order valence-corrected chi connectivity index (χ0v) is 10.1. The summed E-state index contributed by atoms with van der Waals surface area (Å²) < 4.78 is 4.59. The molecule has 19 heavy (non-hydrogen) atoms. The zero-order chi connectivity index (χ0) is 14.0. The topological polar surface area (TPSA) is 103 Å². The summed E-state index contributed by atoms with van der Waals surface area (Å²) in [5, 5.41) is 10.5. The lowest BCUT2D eigenvalue weighted by Gasteiger charge is -2.14. The summed E-state index contributed by atoms with van der Waals surface area (Å²) in [6, 6.07) is 2.65. The number of amides is 1. The van der Waals surface area contributed by atoms with E-state index < -0.39 is 16.8 Å². The summed E-state index contributed by atoms with van der Waals surface area (Å²) in [5.41, 5.74) is -0.153. The Balaban J connectivity index is 2.16. The molecule has 1 fully saturated rings. The fraction of sp³-hybridized carbons (Fsp3) is 0.364. The van der Waals surface area contributed by atoms with Crippen LogP contribution >= 0.6 is 0 Å². The molecule has 1 amide bonds. The molecule has 2 heterocycles. The first-order valence-corrected chi connectivity index (χ1v) is 5.51. The number of nitro groups is 1. The van der Waals surface area contributed by atoms with Gasteiger partial charge in [0.15, 0.2) is 0 Å². The Morgan fingerprint density at radius 3 is 2.84 bits per heavy atom. The highest BCUT2D eigenvalue weighted by atomic mass is 16.6. The highest BCUT2D eigenvalue weighted by molar-refractivity contribution is 5.98. The number of rotatable bonds is 3. The summed E-state index contributed by atoms with van der Waals surface area (Å²) in [6.45, 7) is 0.177. The van der Waals surface area contributed by atoms with Gasteiger partial charge in [-0.1, -0.05) is 0 Å². The molecule has 1 aliphatic heterocycles. The van der Waals surface area contributed by atoms with E-state index in [1.165, 1.54) is 24.1 Å². The van der Waals surface area contributed by atoms with Crippen LogP contribution in [-0.4, -0.2) is 35.4 Å². The van der Waals surface area contributed by atoms with E-state index in [0.29, 0.717) is 5.82 Å². The number of nitrogens with zero attached hydrogens (tertiary/aromatic N) is 3. The van der Waals surface area contributed by atoms with Gasteiger partial charge in [-0.15, -0.1) is 0 Å². The predicted octanol–water partition coefficient (Wildman–Crippen LogP) is 0.516. The minimum absolute atomic E-state index is 0.0609. The molecule has 0 saturated carbocycles. The smallest absolute Gasteiger partial charge is 0.311 e. The van der Waals surface area contributed by atoms with Crippen molar-refractivity contribution < 1.29 is 19.2 Å². The number of carbonyl (C=O) groups is 2. The van der Waals surface area contributed by atoms with Gasteiger partial charge in [0, 0.05) is 19.0 Å². The summed E-state index contributed by atoms with van der Waals surface area (Å²) in [5.74, 6) is -0.925. The van der Waals surface area contributed by atoms with Gasteiger partial charge in [-0.2, -0.15) is 0 Å². The number of hydrogen-bond acceptors (Lipinski definition) is 6. The van der Waals surface area contributed by atoms with E-state index in [1.807, 2.05) is 0 Å². The van der Waals surface area contributed by atoms with E-state index in [0.717, 1.165) is 6.20 Å². The van der Waals surface area contributed by atoms with E-state index in [9.17, 15) is 19.7 Å². The van der Waals surface area contributed by atoms with Crippen LogP contribution < -0.4 is 4.90 Å². The number of anilines is 1. The molecule has 1 unspecified atom stereocenters. The molecular weight excluding hydrogens is 254 g/mol. The fourth-order valence-corrected chi connectivity index (χ4v) is 1.90. The lowest BCUT2D eigenvalue weighted by molar-refractivity contribution is -0.385. The number of hydrogen-bond donors (Lipinski definition) is 0. The van der Waals surface area contributed by atoms with Crippen LogP contribution in [0.1, 0.15) is 6.42 Å². The molecule has 1 atom stereocenters. The first-order valence-electron chi connectivity index (χ1n) is 5.51. The lowest BCUT2D eigenvalue weighted by Crippen LogP contribution is -2.26. The van der Waals surface area contributed by atoms with Crippen molar-refractivity contribution in [1.82, 2.24) is 4.98 Å². The average Bonchev–Trinajstić information content (AvgIpc) is 2.80. The number of aromatic nitrogens is 1. The van der Waals surface area contributed by atoms with Gasteiger partial charge in [-0.05, 0) is 6.07 Å². The highest BCUT2D eigenvalue weighted by Crippen LogP contribution is 2.25. The van der Waals surface area contributed by atoms with Crippen LogP contribution in [0.25, 0.3) is 0 Å². The van der Waals surface area contributed by atoms with Crippen molar-refractivity contribution in [1.29, 1.82) is 0 Å². The van der Waals surface area contributed by atoms with Crippen LogP contribution in [0.2, 0.25) is 0 Å². The standard InChI is InChI=1S/C11H11N3O5/c1-19-11(16)7-4-10(15)13(6-7)9-3-2-8(5-12-9)14(17)18/h2-3,5,7H,4,6H2,1H3. The van der Waals surface area contributed by atoms with Gasteiger partial charge in [-0.25, -0.2) is 4.98 Å². The lowest BCUT2D eigenvalue weighted by atomic mass is 10.1. The van der Waals surface area contributed by atoms with Gasteiger partial charge >= 0.3 is 5.97 Å². The second kappa shape index (κ2) is 5.01. The zero-order valence-electron chi connectivity index (χ0n) is 10.1. The molecule has 8 nitrogen and oxygen atoms in total. The van der Waals surface area contributed by atoms with Crippen molar-refractivity contribution in [3.8, 4) is 0 Å². The van der Waals surface area contributed by atoms with Crippen molar-refractivity contribution in [2.45, 2.75) is 6.42 Å². The quantitative estimate of drug-likeness (QED) is 0.448. The fourth-order valence-electron chi connectivity index (χ4n) is 1.90. The van der Waals surface area contributed by atoms with Crippen molar-refractivity contribution >= 4 is 23.4 Å². The molecule has 1 saturated heterocycles. The van der Waals surface area contributed by atoms with Gasteiger partial charge in [0.05, 0.1) is 18.0 Å².